The molecular weight excluding hydrogens is 288 g/mol. The number of hydrogen-bond acceptors (Lipinski definition) is 5. The molecule has 0 fully saturated rings. The van der Waals surface area contributed by atoms with E-state index in [0.717, 1.165) is 11.1 Å². The van der Waals surface area contributed by atoms with Gasteiger partial charge in [0.25, 0.3) is 11.9 Å². The Morgan fingerprint density at radius 3 is 2.71 bits per heavy atom. The summed E-state index contributed by atoms with van der Waals surface area (Å²) in [6, 6.07) is 5.47. The number of thiocarbonyl (C=S) groups is 1. The van der Waals surface area contributed by atoms with Gasteiger partial charge in [-0.15, -0.1) is 5.10 Å². The Balaban J connectivity index is 1.98. The van der Waals surface area contributed by atoms with Crippen LogP contribution in [-0.4, -0.2) is 31.2 Å². The van der Waals surface area contributed by atoms with Crippen molar-refractivity contribution in [3.05, 3.63) is 34.9 Å². The minimum absolute atomic E-state index is 0.133. The van der Waals surface area contributed by atoms with Crippen LogP contribution in [0.4, 0.5) is 5.95 Å². The summed E-state index contributed by atoms with van der Waals surface area (Å²) < 4.78 is 0. The molecule has 0 saturated heterocycles. The number of carbonyl (C=O) groups excluding carboxylic acids is 1. The SMILES string of the molecule is CCn1nnc(NC(=S)NC(=O)c2ccc(C)c(C)c2)n1. The third-order valence-electron chi connectivity index (χ3n) is 2.96. The summed E-state index contributed by atoms with van der Waals surface area (Å²) in [7, 11) is 0. The number of nitrogens with zero attached hydrogens (tertiary/aromatic N) is 4. The van der Waals surface area contributed by atoms with Crippen LogP contribution < -0.4 is 10.6 Å². The van der Waals surface area contributed by atoms with Crippen molar-refractivity contribution >= 4 is 29.2 Å². The molecule has 21 heavy (non-hydrogen) atoms. The first-order valence-electron chi connectivity index (χ1n) is 6.47. The highest BCUT2D eigenvalue weighted by molar-refractivity contribution is 7.80. The van der Waals surface area contributed by atoms with Crippen molar-refractivity contribution in [2.24, 2.45) is 0 Å². The Labute approximate surface area is 127 Å². The van der Waals surface area contributed by atoms with Crippen molar-refractivity contribution in [3.8, 4) is 0 Å². The number of benzene rings is 1. The maximum atomic E-state index is 12.1. The number of tetrazole rings is 1. The van der Waals surface area contributed by atoms with Gasteiger partial charge in [0.2, 0.25) is 0 Å². The Morgan fingerprint density at radius 2 is 2.10 bits per heavy atom. The van der Waals surface area contributed by atoms with Crippen LogP contribution in [0, 0.1) is 13.8 Å². The summed E-state index contributed by atoms with van der Waals surface area (Å²) in [5.41, 5.74) is 2.73. The fraction of sp³-hybridized carbons (Fsp3) is 0.308. The standard InChI is InChI=1S/C13H16N6OS/c1-4-19-17-12(16-18-19)15-13(21)14-11(20)10-6-5-8(2)9(3)7-10/h5-7H,4H2,1-3H3,(H2,14,15,17,20,21). The first-order valence-corrected chi connectivity index (χ1v) is 6.88. The number of aromatic nitrogens is 4. The molecule has 1 heterocycles. The van der Waals surface area contributed by atoms with Gasteiger partial charge in [-0.3, -0.25) is 15.4 Å². The Bertz CT molecular complexity index is 681. The molecule has 8 heteroatoms. The van der Waals surface area contributed by atoms with E-state index >= 15 is 0 Å². The van der Waals surface area contributed by atoms with Gasteiger partial charge in [-0.2, -0.15) is 4.80 Å². The summed E-state index contributed by atoms with van der Waals surface area (Å²) >= 11 is 5.06. The van der Waals surface area contributed by atoms with Gasteiger partial charge in [0, 0.05) is 5.56 Å². The largest absolute Gasteiger partial charge is 0.299 e. The highest BCUT2D eigenvalue weighted by Crippen LogP contribution is 2.09. The van der Waals surface area contributed by atoms with Crippen LogP contribution in [0.1, 0.15) is 28.4 Å². The Kier molecular flexibility index (Phi) is 4.59. The number of anilines is 1. The predicted octanol–water partition coefficient (Wildman–Crippen LogP) is 1.44. The van der Waals surface area contributed by atoms with E-state index in [1.54, 1.807) is 6.07 Å². The van der Waals surface area contributed by atoms with E-state index in [1.807, 2.05) is 32.9 Å². The van der Waals surface area contributed by atoms with E-state index in [9.17, 15) is 4.79 Å². The molecule has 0 bridgehead atoms. The highest BCUT2D eigenvalue weighted by atomic mass is 32.1. The first-order chi connectivity index (χ1) is 9.99. The predicted molar refractivity (Wildman–Crippen MR) is 83.1 cm³/mol. The van der Waals surface area contributed by atoms with Gasteiger partial charge in [0.05, 0.1) is 6.54 Å². The maximum absolute atomic E-state index is 12.1. The molecule has 110 valence electrons. The van der Waals surface area contributed by atoms with Crippen molar-refractivity contribution in [3.63, 3.8) is 0 Å². The van der Waals surface area contributed by atoms with Crippen molar-refractivity contribution in [2.45, 2.75) is 27.3 Å². The van der Waals surface area contributed by atoms with Crippen molar-refractivity contribution < 1.29 is 4.79 Å². The molecule has 1 amide bonds. The smallest absolute Gasteiger partial charge is 0.269 e. The van der Waals surface area contributed by atoms with Gasteiger partial charge in [-0.1, -0.05) is 11.2 Å². The molecule has 0 aliphatic carbocycles. The van der Waals surface area contributed by atoms with Crippen LogP contribution in [0.3, 0.4) is 0 Å². The lowest BCUT2D eigenvalue weighted by atomic mass is 10.1. The molecule has 7 nitrogen and oxygen atoms in total. The summed E-state index contributed by atoms with van der Waals surface area (Å²) in [6.07, 6.45) is 0. The maximum Gasteiger partial charge on any atom is 0.269 e. The zero-order valence-electron chi connectivity index (χ0n) is 12.0. The monoisotopic (exact) mass is 304 g/mol. The molecule has 2 aromatic rings. The number of hydrogen-bond donors (Lipinski definition) is 2. The van der Waals surface area contributed by atoms with Crippen LogP contribution in [0.15, 0.2) is 18.2 Å². The van der Waals surface area contributed by atoms with Crippen LogP contribution in [0.5, 0.6) is 0 Å². The fourth-order valence-corrected chi connectivity index (χ4v) is 1.80. The number of nitrogens with one attached hydrogen (secondary N) is 2. The van der Waals surface area contributed by atoms with Gasteiger partial charge in [0.15, 0.2) is 5.11 Å². The van der Waals surface area contributed by atoms with Gasteiger partial charge in [-0.25, -0.2) is 0 Å². The molecule has 2 N–H and O–H groups in total. The zero-order chi connectivity index (χ0) is 15.4. The molecule has 1 aromatic heterocycles. The van der Waals surface area contributed by atoms with Crippen LogP contribution in [-0.2, 0) is 6.54 Å². The third kappa shape index (κ3) is 3.82. The van der Waals surface area contributed by atoms with Gasteiger partial charge in [-0.05, 0) is 61.5 Å². The molecule has 2 rings (SSSR count). The van der Waals surface area contributed by atoms with E-state index in [0.29, 0.717) is 12.1 Å². The van der Waals surface area contributed by atoms with E-state index in [1.165, 1.54) is 4.80 Å². The average Bonchev–Trinajstić information content (AvgIpc) is 2.89. The Hall–Kier alpha value is -2.35. The zero-order valence-corrected chi connectivity index (χ0v) is 12.9. The molecule has 0 radical (unpaired) electrons. The van der Waals surface area contributed by atoms with E-state index in [2.05, 4.69) is 26.0 Å². The lowest BCUT2D eigenvalue weighted by Gasteiger charge is -2.08. The van der Waals surface area contributed by atoms with Gasteiger partial charge >= 0.3 is 0 Å². The second kappa shape index (κ2) is 6.40. The lowest BCUT2D eigenvalue weighted by Crippen LogP contribution is -2.34. The Morgan fingerprint density at radius 1 is 1.33 bits per heavy atom. The van der Waals surface area contributed by atoms with Crippen molar-refractivity contribution in [2.75, 3.05) is 5.32 Å². The normalized spacial score (nSPS) is 10.2. The fourth-order valence-electron chi connectivity index (χ4n) is 1.62. The number of rotatable bonds is 3. The average molecular weight is 304 g/mol. The third-order valence-corrected chi connectivity index (χ3v) is 3.16. The molecular formula is C13H16N6OS. The topological polar surface area (TPSA) is 84.7 Å². The summed E-state index contributed by atoms with van der Waals surface area (Å²) in [4.78, 5) is 13.5. The summed E-state index contributed by atoms with van der Waals surface area (Å²) in [6.45, 7) is 6.45. The second-order valence-electron chi connectivity index (χ2n) is 4.51. The highest BCUT2D eigenvalue weighted by Gasteiger charge is 2.10. The quantitative estimate of drug-likeness (QED) is 0.835. The van der Waals surface area contributed by atoms with Gasteiger partial charge < -0.3 is 0 Å². The number of aryl methyl sites for hydroxylation is 3. The minimum Gasteiger partial charge on any atom is -0.299 e. The number of carbonyl (C=O) groups is 1. The van der Waals surface area contributed by atoms with E-state index < -0.39 is 0 Å². The van der Waals surface area contributed by atoms with E-state index in [4.69, 9.17) is 12.2 Å². The minimum atomic E-state index is -0.279. The van der Waals surface area contributed by atoms with Crippen LogP contribution in [0.25, 0.3) is 0 Å². The van der Waals surface area contributed by atoms with Crippen LogP contribution >= 0.6 is 12.2 Å². The molecule has 0 aliphatic heterocycles. The second-order valence-corrected chi connectivity index (χ2v) is 4.92. The van der Waals surface area contributed by atoms with Crippen molar-refractivity contribution in [1.29, 1.82) is 0 Å². The van der Waals surface area contributed by atoms with Gasteiger partial charge in [0.1, 0.15) is 0 Å². The summed E-state index contributed by atoms with van der Waals surface area (Å²) in [5.74, 6) is -0.0271. The molecule has 0 saturated carbocycles. The molecule has 0 unspecified atom stereocenters. The molecule has 1 aromatic carbocycles. The van der Waals surface area contributed by atoms with E-state index in [-0.39, 0.29) is 17.0 Å². The lowest BCUT2D eigenvalue weighted by molar-refractivity contribution is 0.0977. The molecule has 0 aliphatic rings. The summed E-state index contributed by atoms with van der Waals surface area (Å²) in [5, 5.41) is 17.0. The van der Waals surface area contributed by atoms with Crippen molar-refractivity contribution in [1.82, 2.24) is 25.5 Å². The molecule has 0 spiro atoms. The molecule has 0 atom stereocenters. The first kappa shape index (κ1) is 15.0. The van der Waals surface area contributed by atoms with Crippen LogP contribution in [0.2, 0.25) is 0 Å². The number of amides is 1.